The molecule has 0 aromatic heterocycles. The number of dihydropyridines is 1. The molecular weight excluding hydrogens is 215 g/mol. The van der Waals surface area contributed by atoms with E-state index in [0.717, 1.165) is 6.20 Å². The molecule has 0 bridgehead atoms. The summed E-state index contributed by atoms with van der Waals surface area (Å²) in [5, 5.41) is 10.9. The third-order valence-corrected chi connectivity index (χ3v) is 1.60. The number of alkyl halides is 3. The van der Waals surface area contributed by atoms with Crippen LogP contribution in [0.2, 0.25) is 0 Å². The maximum Gasteiger partial charge on any atom is 0.417 e. The van der Waals surface area contributed by atoms with Gasteiger partial charge in [0.2, 0.25) is 0 Å². The Balaban J connectivity index is 0.00000196. The molecule has 1 aliphatic rings. The Bertz CT molecular complexity index is 355. The van der Waals surface area contributed by atoms with Crippen molar-refractivity contribution in [3.8, 4) is 0 Å². The van der Waals surface area contributed by atoms with E-state index in [9.17, 15) is 18.0 Å². The highest BCUT2D eigenvalue weighted by Crippen LogP contribution is 2.32. The van der Waals surface area contributed by atoms with Gasteiger partial charge in [-0.25, -0.2) is 4.79 Å². The highest BCUT2D eigenvalue weighted by molar-refractivity contribution is 5.93. The van der Waals surface area contributed by atoms with Gasteiger partial charge >= 0.3 is 12.1 Å². The molecule has 0 amide bonds. The van der Waals surface area contributed by atoms with Crippen LogP contribution in [-0.2, 0) is 4.79 Å². The van der Waals surface area contributed by atoms with E-state index in [1.807, 2.05) is 0 Å². The normalized spacial score (nSPS) is 15.8. The van der Waals surface area contributed by atoms with Crippen LogP contribution in [-0.4, -0.2) is 22.7 Å². The number of carboxylic acids is 1. The first-order valence-electron chi connectivity index (χ1n) is 3.51. The van der Waals surface area contributed by atoms with Crippen molar-refractivity contribution in [1.29, 1.82) is 0 Å². The van der Waals surface area contributed by atoms with Crippen molar-refractivity contribution < 1.29 is 28.5 Å². The second kappa shape index (κ2) is 4.18. The van der Waals surface area contributed by atoms with Gasteiger partial charge in [0.1, 0.15) is 0 Å². The number of hydrogen-bond acceptors (Lipinski definition) is 2. The second-order valence-electron chi connectivity index (χ2n) is 2.55. The van der Waals surface area contributed by atoms with Gasteiger partial charge in [-0.1, -0.05) is 6.58 Å². The molecule has 0 aromatic carbocycles. The predicted octanol–water partition coefficient (Wildman–Crippen LogP) is 0.736. The molecule has 4 N–H and O–H groups in total. The monoisotopic (exact) mass is 223 g/mol. The van der Waals surface area contributed by atoms with Crippen LogP contribution < -0.4 is 5.32 Å². The number of carbonyl (C=O) groups is 1. The van der Waals surface area contributed by atoms with Crippen LogP contribution in [0.1, 0.15) is 0 Å². The molecule has 1 rings (SSSR count). The third kappa shape index (κ3) is 2.59. The molecule has 0 aromatic rings. The van der Waals surface area contributed by atoms with Gasteiger partial charge < -0.3 is 15.9 Å². The van der Waals surface area contributed by atoms with Crippen molar-refractivity contribution >= 4 is 5.97 Å². The zero-order valence-corrected chi connectivity index (χ0v) is 7.35. The molecular formula is C8H8F3NO3. The minimum atomic E-state index is -4.69. The summed E-state index contributed by atoms with van der Waals surface area (Å²) >= 11 is 0. The first kappa shape index (κ1) is 13.2. The fourth-order valence-electron chi connectivity index (χ4n) is 1.02. The number of carboxylic acid groups (broad SMARTS) is 1. The molecule has 15 heavy (non-hydrogen) atoms. The summed E-state index contributed by atoms with van der Waals surface area (Å²) in [6.45, 7) is 3.18. The third-order valence-electron chi connectivity index (χ3n) is 1.60. The predicted molar refractivity (Wildman–Crippen MR) is 45.7 cm³/mol. The minimum Gasteiger partial charge on any atom is -0.478 e. The van der Waals surface area contributed by atoms with Crippen molar-refractivity contribution in [2.45, 2.75) is 6.18 Å². The van der Waals surface area contributed by atoms with Crippen molar-refractivity contribution in [2.24, 2.45) is 0 Å². The zero-order valence-electron chi connectivity index (χ0n) is 7.35. The van der Waals surface area contributed by atoms with Crippen LogP contribution in [0, 0.1) is 0 Å². The Kier molecular flexibility index (Phi) is 3.69. The Morgan fingerprint density at radius 1 is 1.47 bits per heavy atom. The number of rotatable bonds is 1. The van der Waals surface area contributed by atoms with Crippen LogP contribution in [0.5, 0.6) is 0 Å². The molecule has 0 atom stereocenters. The molecule has 1 aliphatic heterocycles. The van der Waals surface area contributed by atoms with Crippen LogP contribution >= 0.6 is 0 Å². The fourth-order valence-corrected chi connectivity index (χ4v) is 1.02. The largest absolute Gasteiger partial charge is 0.478 e. The Labute approximate surface area is 82.7 Å². The molecule has 84 valence electrons. The SMILES string of the molecule is C=C1NC=CC(C(F)(F)F)=C1C(=O)O.O. The van der Waals surface area contributed by atoms with Gasteiger partial charge in [0.15, 0.2) is 0 Å². The molecule has 0 spiro atoms. The first-order valence-corrected chi connectivity index (χ1v) is 3.51. The standard InChI is InChI=1S/C8H6F3NO2.H2O/c1-4-6(7(13)14)5(2-3-12-4)8(9,10)11;/h2-3,12H,1H2,(H,13,14);1H2. The average molecular weight is 223 g/mol. The summed E-state index contributed by atoms with van der Waals surface area (Å²) in [6, 6.07) is 0. The van der Waals surface area contributed by atoms with Gasteiger partial charge in [-0.2, -0.15) is 13.2 Å². The molecule has 4 nitrogen and oxygen atoms in total. The van der Waals surface area contributed by atoms with E-state index in [0.29, 0.717) is 6.08 Å². The quantitative estimate of drug-likeness (QED) is 0.687. The van der Waals surface area contributed by atoms with Crippen LogP contribution in [0.25, 0.3) is 0 Å². The van der Waals surface area contributed by atoms with Crippen LogP contribution in [0.4, 0.5) is 13.2 Å². The lowest BCUT2D eigenvalue weighted by atomic mass is 10.0. The van der Waals surface area contributed by atoms with E-state index >= 15 is 0 Å². The minimum absolute atomic E-state index is 0. The Morgan fingerprint density at radius 3 is 2.33 bits per heavy atom. The molecule has 0 unspecified atom stereocenters. The highest BCUT2D eigenvalue weighted by atomic mass is 19.4. The van der Waals surface area contributed by atoms with Crippen molar-refractivity contribution in [1.82, 2.24) is 5.32 Å². The molecule has 0 saturated carbocycles. The van der Waals surface area contributed by atoms with E-state index < -0.39 is 23.3 Å². The molecule has 0 aliphatic carbocycles. The molecule has 0 radical (unpaired) electrons. The van der Waals surface area contributed by atoms with Gasteiger partial charge in [0, 0.05) is 11.9 Å². The van der Waals surface area contributed by atoms with Gasteiger partial charge in [0.05, 0.1) is 11.1 Å². The Hall–Kier alpha value is -1.76. The number of allylic oxidation sites excluding steroid dienone is 2. The van der Waals surface area contributed by atoms with Crippen molar-refractivity contribution in [2.75, 3.05) is 0 Å². The van der Waals surface area contributed by atoms with Gasteiger partial charge in [-0.05, 0) is 6.08 Å². The summed E-state index contributed by atoms with van der Waals surface area (Å²) in [5.41, 5.74) is -2.32. The highest BCUT2D eigenvalue weighted by Gasteiger charge is 2.38. The molecule has 0 fully saturated rings. The van der Waals surface area contributed by atoms with E-state index in [4.69, 9.17) is 5.11 Å². The number of nitrogens with one attached hydrogen (secondary N) is 1. The van der Waals surface area contributed by atoms with Crippen molar-refractivity contribution in [3.05, 3.63) is 35.7 Å². The lowest BCUT2D eigenvalue weighted by Gasteiger charge is -2.17. The first-order chi connectivity index (χ1) is 6.34. The average Bonchev–Trinajstić information content (AvgIpc) is 2.01. The maximum absolute atomic E-state index is 12.3. The lowest BCUT2D eigenvalue weighted by Crippen LogP contribution is -2.24. The molecule has 7 heteroatoms. The molecule has 1 heterocycles. The lowest BCUT2D eigenvalue weighted by molar-refractivity contribution is -0.133. The number of hydrogen-bond donors (Lipinski definition) is 2. The topological polar surface area (TPSA) is 80.8 Å². The number of aliphatic carboxylic acids is 1. The van der Waals surface area contributed by atoms with Gasteiger partial charge in [-0.3, -0.25) is 0 Å². The van der Waals surface area contributed by atoms with E-state index in [1.54, 1.807) is 0 Å². The maximum atomic E-state index is 12.3. The van der Waals surface area contributed by atoms with Gasteiger partial charge in [-0.15, -0.1) is 0 Å². The summed E-state index contributed by atoms with van der Waals surface area (Å²) in [6.07, 6.45) is -3.02. The van der Waals surface area contributed by atoms with E-state index in [1.165, 1.54) is 0 Å². The molecule has 0 saturated heterocycles. The zero-order chi connectivity index (χ0) is 10.9. The second-order valence-corrected chi connectivity index (χ2v) is 2.55. The van der Waals surface area contributed by atoms with Crippen LogP contribution in [0.3, 0.4) is 0 Å². The van der Waals surface area contributed by atoms with Crippen LogP contribution in [0.15, 0.2) is 35.7 Å². The Morgan fingerprint density at radius 2 is 2.00 bits per heavy atom. The fraction of sp³-hybridized carbons (Fsp3) is 0.125. The summed E-state index contributed by atoms with van der Waals surface area (Å²) < 4.78 is 36.9. The summed E-state index contributed by atoms with van der Waals surface area (Å²) in [7, 11) is 0. The number of halogens is 3. The van der Waals surface area contributed by atoms with Crippen molar-refractivity contribution in [3.63, 3.8) is 0 Å². The van der Waals surface area contributed by atoms with E-state index in [-0.39, 0.29) is 11.2 Å². The summed E-state index contributed by atoms with van der Waals surface area (Å²) in [5.74, 6) is -1.65. The summed E-state index contributed by atoms with van der Waals surface area (Å²) in [4.78, 5) is 10.5. The smallest absolute Gasteiger partial charge is 0.417 e. The van der Waals surface area contributed by atoms with E-state index in [2.05, 4.69) is 11.9 Å². The van der Waals surface area contributed by atoms with Gasteiger partial charge in [0.25, 0.3) is 0 Å².